The Bertz CT molecular complexity index is 1060. The molecule has 4 rings (SSSR count). The van der Waals surface area contributed by atoms with Crippen LogP contribution in [0.4, 0.5) is 13.2 Å². The Labute approximate surface area is 202 Å². The second-order valence-electron chi connectivity index (χ2n) is 11.0. The van der Waals surface area contributed by atoms with E-state index in [4.69, 9.17) is 0 Å². The second-order valence-corrected chi connectivity index (χ2v) is 11.0. The quantitative estimate of drug-likeness (QED) is 0.376. The molecule has 34 heavy (non-hydrogen) atoms. The third-order valence-corrected chi connectivity index (χ3v) is 8.39. The number of allylic oxidation sites excluding steroid dienone is 1. The molecule has 0 saturated heterocycles. The van der Waals surface area contributed by atoms with Crippen molar-refractivity contribution in [2.45, 2.75) is 71.9 Å². The maximum absolute atomic E-state index is 13.4. The molecular weight excluding hydrogens is 431 g/mol. The lowest BCUT2D eigenvalue weighted by atomic mass is 9.64. The van der Waals surface area contributed by atoms with E-state index in [0.717, 1.165) is 23.1 Å². The lowest BCUT2D eigenvalue weighted by Crippen LogP contribution is -2.36. The molecule has 1 aliphatic heterocycles. The maximum Gasteiger partial charge on any atom is 0.396 e. The van der Waals surface area contributed by atoms with Gasteiger partial charge in [0.15, 0.2) is 0 Å². The van der Waals surface area contributed by atoms with Crippen LogP contribution in [0, 0.1) is 16.7 Å². The smallest absolute Gasteiger partial charge is 0.288 e. The molecule has 0 aromatic heterocycles. The fourth-order valence-corrected chi connectivity index (χ4v) is 5.66. The lowest BCUT2D eigenvalue weighted by molar-refractivity contribution is -0.209. The summed E-state index contributed by atoms with van der Waals surface area (Å²) < 4.78 is 40.1. The molecule has 1 aliphatic carbocycles. The van der Waals surface area contributed by atoms with E-state index >= 15 is 0 Å². The van der Waals surface area contributed by atoms with Gasteiger partial charge in [0, 0.05) is 12.1 Å². The van der Waals surface area contributed by atoms with E-state index in [1.165, 1.54) is 50.2 Å². The van der Waals surface area contributed by atoms with Gasteiger partial charge in [-0.2, -0.15) is 13.2 Å². The summed E-state index contributed by atoms with van der Waals surface area (Å²) in [6, 6.07) is 16.5. The largest absolute Gasteiger partial charge is 0.396 e. The molecule has 0 bridgehead atoms. The van der Waals surface area contributed by atoms with Gasteiger partial charge in [-0.3, -0.25) is 4.99 Å². The molecular formula is C30H36F3N. The van der Waals surface area contributed by atoms with Gasteiger partial charge in [-0.05, 0) is 66.7 Å². The van der Waals surface area contributed by atoms with E-state index in [0.29, 0.717) is 11.6 Å². The van der Waals surface area contributed by atoms with Gasteiger partial charge in [0.2, 0.25) is 0 Å². The van der Waals surface area contributed by atoms with Crippen molar-refractivity contribution in [2.75, 3.05) is 6.54 Å². The average molecular weight is 468 g/mol. The van der Waals surface area contributed by atoms with Gasteiger partial charge in [-0.1, -0.05) is 86.9 Å². The molecule has 0 amide bonds. The minimum absolute atomic E-state index is 0.0635. The Morgan fingerprint density at radius 1 is 1.00 bits per heavy atom. The predicted octanol–water partition coefficient (Wildman–Crippen LogP) is 8.82. The van der Waals surface area contributed by atoms with Crippen LogP contribution in [-0.2, 0) is 6.42 Å². The van der Waals surface area contributed by atoms with Crippen LogP contribution in [0.3, 0.4) is 0 Å². The number of benzene rings is 2. The molecule has 2 atom stereocenters. The molecule has 2 unspecified atom stereocenters. The Kier molecular flexibility index (Phi) is 6.81. The summed E-state index contributed by atoms with van der Waals surface area (Å²) in [7, 11) is 0. The molecule has 1 saturated carbocycles. The van der Waals surface area contributed by atoms with Crippen LogP contribution in [-0.4, -0.2) is 18.4 Å². The summed E-state index contributed by atoms with van der Waals surface area (Å²) in [4.78, 5) is 4.23. The zero-order valence-corrected chi connectivity index (χ0v) is 20.6. The molecule has 2 aliphatic rings. The van der Waals surface area contributed by atoms with Crippen LogP contribution >= 0.6 is 0 Å². The normalized spacial score (nSPS) is 23.4. The molecule has 1 nitrogen and oxygen atoms in total. The molecule has 2 aromatic carbocycles. The monoisotopic (exact) mass is 467 g/mol. The highest BCUT2D eigenvalue weighted by atomic mass is 19.4. The number of aliphatic imine (C=N–C) groups is 1. The third kappa shape index (κ3) is 4.87. The van der Waals surface area contributed by atoms with Crippen molar-refractivity contribution in [1.82, 2.24) is 0 Å². The van der Waals surface area contributed by atoms with Crippen LogP contribution in [0.2, 0.25) is 0 Å². The van der Waals surface area contributed by atoms with Crippen LogP contribution < -0.4 is 0 Å². The highest BCUT2D eigenvalue weighted by molar-refractivity contribution is 6.02. The summed E-state index contributed by atoms with van der Waals surface area (Å²) in [5.74, 6) is 0.677. The fraction of sp³-hybridized carbons (Fsp3) is 0.500. The first-order valence-electron chi connectivity index (χ1n) is 12.5. The Balaban J connectivity index is 1.51. The zero-order chi connectivity index (χ0) is 24.6. The van der Waals surface area contributed by atoms with Crippen LogP contribution in [0.5, 0.6) is 0 Å². The van der Waals surface area contributed by atoms with Crippen molar-refractivity contribution in [3.8, 4) is 11.1 Å². The molecule has 0 radical (unpaired) electrons. The van der Waals surface area contributed by atoms with Crippen LogP contribution in [0.25, 0.3) is 11.1 Å². The highest BCUT2D eigenvalue weighted by Gasteiger charge is 2.53. The van der Waals surface area contributed by atoms with E-state index < -0.39 is 11.6 Å². The van der Waals surface area contributed by atoms with Gasteiger partial charge >= 0.3 is 6.18 Å². The summed E-state index contributed by atoms with van der Waals surface area (Å²) in [6.07, 6.45) is 3.20. The van der Waals surface area contributed by atoms with E-state index in [9.17, 15) is 13.2 Å². The van der Waals surface area contributed by atoms with Gasteiger partial charge in [-0.25, -0.2) is 0 Å². The number of hydrogen-bond donors (Lipinski definition) is 0. The van der Waals surface area contributed by atoms with Crippen molar-refractivity contribution in [3.63, 3.8) is 0 Å². The molecule has 0 spiro atoms. The minimum Gasteiger partial charge on any atom is -0.288 e. The maximum atomic E-state index is 13.4. The van der Waals surface area contributed by atoms with E-state index in [1.807, 2.05) is 24.3 Å². The second kappa shape index (κ2) is 9.36. The van der Waals surface area contributed by atoms with E-state index in [1.54, 1.807) is 0 Å². The lowest BCUT2D eigenvalue weighted by Gasteiger charge is -2.41. The van der Waals surface area contributed by atoms with Crippen molar-refractivity contribution in [3.05, 3.63) is 71.8 Å². The van der Waals surface area contributed by atoms with Gasteiger partial charge in [0.05, 0.1) is 12.0 Å². The predicted molar refractivity (Wildman–Crippen MR) is 135 cm³/mol. The van der Waals surface area contributed by atoms with Crippen LogP contribution in [0.1, 0.15) is 70.4 Å². The molecule has 2 aromatic rings. The van der Waals surface area contributed by atoms with Gasteiger partial charge in [-0.15, -0.1) is 0 Å². The van der Waals surface area contributed by atoms with Gasteiger partial charge in [0.25, 0.3) is 0 Å². The number of rotatable bonds is 6. The van der Waals surface area contributed by atoms with Gasteiger partial charge < -0.3 is 0 Å². The molecule has 1 heterocycles. The fourth-order valence-electron chi connectivity index (χ4n) is 5.66. The Morgan fingerprint density at radius 3 is 2.24 bits per heavy atom. The van der Waals surface area contributed by atoms with E-state index in [-0.39, 0.29) is 18.4 Å². The molecule has 4 heteroatoms. The number of nitrogens with zero attached hydrogens (tertiary/aromatic N) is 1. The Morgan fingerprint density at radius 2 is 1.65 bits per heavy atom. The summed E-state index contributed by atoms with van der Waals surface area (Å²) >= 11 is 0. The Hall–Kier alpha value is -2.36. The third-order valence-electron chi connectivity index (χ3n) is 8.39. The number of alkyl halides is 3. The van der Waals surface area contributed by atoms with Crippen LogP contribution in [0.15, 0.2) is 65.7 Å². The summed E-state index contributed by atoms with van der Waals surface area (Å²) in [5.41, 5.74) is 4.42. The summed E-state index contributed by atoms with van der Waals surface area (Å²) in [6.45, 7) is 9.99. The first kappa shape index (κ1) is 24.8. The number of hydrogen-bond acceptors (Lipinski definition) is 1. The van der Waals surface area contributed by atoms with Crippen molar-refractivity contribution in [1.29, 1.82) is 0 Å². The van der Waals surface area contributed by atoms with Crippen molar-refractivity contribution in [2.24, 2.45) is 21.7 Å². The minimum atomic E-state index is -4.24. The molecule has 182 valence electrons. The molecule has 1 fully saturated rings. The first-order valence-corrected chi connectivity index (χ1v) is 12.5. The topological polar surface area (TPSA) is 12.4 Å². The SMILES string of the molecule is C=C(C)C(C)(Cc1cccc(-c2ccc(C3=NCC(C)(C(F)(F)F)C3)cc2)c1)C1CCCCC1. The average Bonchev–Trinajstić information content (AvgIpc) is 3.23. The first-order chi connectivity index (χ1) is 16.0. The van der Waals surface area contributed by atoms with Gasteiger partial charge in [0.1, 0.15) is 0 Å². The number of halogens is 3. The standard InChI is InChI=1S/C30H36F3N/c1-21(2)29(4,26-11-6-5-7-12-26)18-22-9-8-10-25(17-22)23-13-15-24(16-14-23)27-19-28(3,20-34-27)30(31,32)33/h8-10,13-17,26H,1,5-7,11-12,18-20H2,2-4H3. The highest BCUT2D eigenvalue weighted by Crippen LogP contribution is 2.46. The van der Waals surface area contributed by atoms with E-state index in [2.05, 4.69) is 49.7 Å². The van der Waals surface area contributed by atoms with Crippen molar-refractivity contribution >= 4 is 5.71 Å². The van der Waals surface area contributed by atoms with Crippen molar-refractivity contribution < 1.29 is 13.2 Å². The zero-order valence-electron chi connectivity index (χ0n) is 20.6. The molecule has 0 N–H and O–H groups in total. The summed E-state index contributed by atoms with van der Waals surface area (Å²) in [5, 5.41) is 0.